The Hall–Kier alpha value is -0.420. The molecule has 0 saturated heterocycles. The van der Waals surface area contributed by atoms with Crippen LogP contribution >= 0.6 is 0 Å². The first-order chi connectivity index (χ1) is 7.70. The first-order valence-corrected chi connectivity index (χ1v) is 7.51. The second-order valence-electron chi connectivity index (χ2n) is 3.74. The zero-order chi connectivity index (χ0) is 12.2. The number of carbonyl (C=O) groups excluding carboxylic acids is 1. The Balaban J connectivity index is 3.28. The van der Waals surface area contributed by atoms with Crippen LogP contribution in [0.3, 0.4) is 0 Å². The monoisotopic (exact) mass is 248 g/mol. The lowest BCUT2D eigenvalue weighted by Gasteiger charge is -2.04. The second-order valence-corrected chi connectivity index (χ2v) is 5.60. The summed E-state index contributed by atoms with van der Waals surface area (Å²) in [6.45, 7) is 3.15. The Morgan fingerprint density at radius 3 is 2.56 bits per heavy atom. The number of carbonyl (C=O) groups is 1. The van der Waals surface area contributed by atoms with E-state index < -0.39 is 10.8 Å². The molecule has 0 aliphatic carbocycles. The SMILES string of the molecule is CCS(=O)CCNC(=O)CCCCCCN. The van der Waals surface area contributed by atoms with Crippen LogP contribution in [0.2, 0.25) is 0 Å². The number of amides is 1. The summed E-state index contributed by atoms with van der Waals surface area (Å²) in [5.41, 5.74) is 5.37. The Kier molecular flexibility index (Phi) is 10.8. The van der Waals surface area contributed by atoms with Crippen LogP contribution in [0.15, 0.2) is 0 Å². The van der Waals surface area contributed by atoms with Gasteiger partial charge in [0.2, 0.25) is 5.91 Å². The van der Waals surface area contributed by atoms with Gasteiger partial charge in [0.1, 0.15) is 0 Å². The average Bonchev–Trinajstić information content (AvgIpc) is 2.28. The van der Waals surface area contributed by atoms with E-state index in [9.17, 15) is 9.00 Å². The molecule has 0 spiro atoms. The van der Waals surface area contributed by atoms with Crippen LogP contribution in [0.5, 0.6) is 0 Å². The van der Waals surface area contributed by atoms with Crippen LogP contribution in [0.1, 0.15) is 39.0 Å². The van der Waals surface area contributed by atoms with E-state index >= 15 is 0 Å². The second kappa shape index (κ2) is 11.1. The fourth-order valence-electron chi connectivity index (χ4n) is 1.32. The van der Waals surface area contributed by atoms with Crippen molar-refractivity contribution < 1.29 is 9.00 Å². The molecule has 0 aromatic rings. The van der Waals surface area contributed by atoms with Crippen molar-refractivity contribution in [3.8, 4) is 0 Å². The first kappa shape index (κ1) is 15.6. The van der Waals surface area contributed by atoms with Crippen LogP contribution in [-0.4, -0.2) is 34.7 Å². The summed E-state index contributed by atoms with van der Waals surface area (Å²) >= 11 is 0. The molecule has 0 saturated carbocycles. The quantitative estimate of drug-likeness (QED) is 0.561. The van der Waals surface area contributed by atoms with Gasteiger partial charge in [0.25, 0.3) is 0 Å². The highest BCUT2D eigenvalue weighted by Crippen LogP contribution is 2.01. The molecular formula is C11H24N2O2S. The van der Waals surface area contributed by atoms with Gasteiger partial charge in [-0.25, -0.2) is 0 Å². The zero-order valence-electron chi connectivity index (χ0n) is 10.2. The average molecular weight is 248 g/mol. The van der Waals surface area contributed by atoms with Gasteiger partial charge >= 0.3 is 0 Å². The van der Waals surface area contributed by atoms with Gasteiger partial charge in [-0.05, 0) is 19.4 Å². The van der Waals surface area contributed by atoms with E-state index in [0.717, 1.165) is 32.2 Å². The molecular weight excluding hydrogens is 224 g/mol. The number of nitrogens with one attached hydrogen (secondary N) is 1. The lowest BCUT2D eigenvalue weighted by molar-refractivity contribution is -0.121. The minimum atomic E-state index is -0.782. The highest BCUT2D eigenvalue weighted by molar-refractivity contribution is 7.84. The molecule has 1 amide bonds. The van der Waals surface area contributed by atoms with Crippen molar-refractivity contribution in [2.75, 3.05) is 24.6 Å². The molecule has 0 fully saturated rings. The fraction of sp³-hybridized carbons (Fsp3) is 0.909. The van der Waals surface area contributed by atoms with Gasteiger partial charge in [-0.3, -0.25) is 9.00 Å². The maximum absolute atomic E-state index is 11.3. The van der Waals surface area contributed by atoms with E-state index in [0.29, 0.717) is 24.5 Å². The van der Waals surface area contributed by atoms with Crippen molar-refractivity contribution in [1.29, 1.82) is 0 Å². The molecule has 16 heavy (non-hydrogen) atoms. The lowest BCUT2D eigenvalue weighted by Crippen LogP contribution is -2.27. The van der Waals surface area contributed by atoms with Gasteiger partial charge in [0, 0.05) is 35.3 Å². The number of rotatable bonds is 10. The van der Waals surface area contributed by atoms with Crippen molar-refractivity contribution in [3.05, 3.63) is 0 Å². The van der Waals surface area contributed by atoms with Crippen LogP contribution in [-0.2, 0) is 15.6 Å². The Morgan fingerprint density at radius 2 is 1.94 bits per heavy atom. The van der Waals surface area contributed by atoms with Crippen molar-refractivity contribution in [2.24, 2.45) is 5.73 Å². The van der Waals surface area contributed by atoms with Crippen molar-refractivity contribution in [2.45, 2.75) is 39.0 Å². The maximum Gasteiger partial charge on any atom is 0.220 e. The van der Waals surface area contributed by atoms with Crippen LogP contribution in [0, 0.1) is 0 Å². The number of hydrogen-bond acceptors (Lipinski definition) is 3. The van der Waals surface area contributed by atoms with Gasteiger partial charge in [-0.15, -0.1) is 0 Å². The molecule has 96 valence electrons. The molecule has 1 unspecified atom stereocenters. The minimum absolute atomic E-state index is 0.0702. The predicted octanol–water partition coefficient (Wildman–Crippen LogP) is 0.780. The first-order valence-electron chi connectivity index (χ1n) is 6.02. The van der Waals surface area contributed by atoms with Crippen LogP contribution in [0.4, 0.5) is 0 Å². The molecule has 0 aromatic heterocycles. The smallest absolute Gasteiger partial charge is 0.220 e. The molecule has 5 heteroatoms. The lowest BCUT2D eigenvalue weighted by atomic mass is 10.1. The Labute approximate surface area is 101 Å². The summed E-state index contributed by atoms with van der Waals surface area (Å²) in [7, 11) is -0.782. The third kappa shape index (κ3) is 10.1. The summed E-state index contributed by atoms with van der Waals surface area (Å²) in [4.78, 5) is 11.3. The maximum atomic E-state index is 11.3. The predicted molar refractivity (Wildman–Crippen MR) is 68.7 cm³/mol. The molecule has 0 rings (SSSR count). The number of hydrogen-bond donors (Lipinski definition) is 2. The molecule has 0 aromatic carbocycles. The summed E-state index contributed by atoms with van der Waals surface area (Å²) in [5.74, 6) is 1.30. The summed E-state index contributed by atoms with van der Waals surface area (Å²) in [6.07, 6.45) is 4.69. The van der Waals surface area contributed by atoms with E-state index in [-0.39, 0.29) is 5.91 Å². The Morgan fingerprint density at radius 1 is 1.25 bits per heavy atom. The van der Waals surface area contributed by atoms with Crippen molar-refractivity contribution in [1.82, 2.24) is 5.32 Å². The number of nitrogens with two attached hydrogens (primary N) is 1. The van der Waals surface area contributed by atoms with E-state index in [4.69, 9.17) is 5.73 Å². The highest BCUT2D eigenvalue weighted by Gasteiger charge is 2.01. The van der Waals surface area contributed by atoms with Crippen LogP contribution in [0.25, 0.3) is 0 Å². The largest absolute Gasteiger partial charge is 0.355 e. The number of unbranched alkanes of at least 4 members (excludes halogenated alkanes) is 3. The van der Waals surface area contributed by atoms with E-state index in [1.54, 1.807) is 0 Å². The molecule has 0 bridgehead atoms. The molecule has 3 N–H and O–H groups in total. The normalized spacial score (nSPS) is 12.4. The minimum Gasteiger partial charge on any atom is -0.355 e. The zero-order valence-corrected chi connectivity index (χ0v) is 11.0. The summed E-state index contributed by atoms with van der Waals surface area (Å²) < 4.78 is 11.1. The van der Waals surface area contributed by atoms with E-state index in [1.807, 2.05) is 6.92 Å². The molecule has 0 aliphatic rings. The van der Waals surface area contributed by atoms with Gasteiger partial charge < -0.3 is 11.1 Å². The highest BCUT2D eigenvalue weighted by atomic mass is 32.2. The molecule has 0 aliphatic heterocycles. The Bertz CT molecular complexity index is 210. The van der Waals surface area contributed by atoms with Gasteiger partial charge in [-0.1, -0.05) is 19.8 Å². The molecule has 0 heterocycles. The molecule has 1 atom stereocenters. The topological polar surface area (TPSA) is 72.2 Å². The summed E-state index contributed by atoms with van der Waals surface area (Å²) in [6, 6.07) is 0. The summed E-state index contributed by atoms with van der Waals surface area (Å²) in [5, 5.41) is 2.78. The molecule has 0 radical (unpaired) electrons. The molecule has 4 nitrogen and oxygen atoms in total. The van der Waals surface area contributed by atoms with Gasteiger partial charge in [0.15, 0.2) is 0 Å². The third-order valence-corrected chi connectivity index (χ3v) is 3.64. The van der Waals surface area contributed by atoms with Crippen LogP contribution < -0.4 is 11.1 Å². The van der Waals surface area contributed by atoms with Crippen molar-refractivity contribution >= 4 is 16.7 Å². The van der Waals surface area contributed by atoms with E-state index in [1.165, 1.54) is 0 Å². The fourth-order valence-corrected chi connectivity index (χ4v) is 1.94. The van der Waals surface area contributed by atoms with Gasteiger partial charge in [0.05, 0.1) is 0 Å². The van der Waals surface area contributed by atoms with Gasteiger partial charge in [-0.2, -0.15) is 0 Å². The van der Waals surface area contributed by atoms with Crippen molar-refractivity contribution in [3.63, 3.8) is 0 Å². The van der Waals surface area contributed by atoms with E-state index in [2.05, 4.69) is 5.32 Å². The standard InChI is InChI=1S/C11H24N2O2S/c1-2-16(15)10-9-13-11(14)7-5-3-4-6-8-12/h2-10,12H2,1H3,(H,13,14). The third-order valence-electron chi connectivity index (χ3n) is 2.33.